The Morgan fingerprint density at radius 2 is 2.62 bits per heavy atom. The number of hydrogen-bond acceptors (Lipinski definition) is 4. The van der Waals surface area contributed by atoms with Gasteiger partial charge in [0.05, 0.1) is 5.69 Å². The van der Waals surface area contributed by atoms with Gasteiger partial charge in [-0.25, -0.2) is 4.98 Å². The van der Waals surface area contributed by atoms with Crippen LogP contribution in [0, 0.1) is 0 Å². The fraction of sp³-hybridized carbons (Fsp3) is 0.667. The van der Waals surface area contributed by atoms with Crippen LogP contribution < -0.4 is 5.73 Å². The van der Waals surface area contributed by atoms with Crippen LogP contribution in [0.1, 0.15) is 23.9 Å². The van der Waals surface area contributed by atoms with Crippen LogP contribution >= 0.6 is 11.8 Å². The lowest BCUT2D eigenvalue weighted by atomic mass is 10.1. The van der Waals surface area contributed by atoms with Crippen molar-refractivity contribution in [3.8, 4) is 0 Å². The molecule has 2 rings (SSSR count). The monoisotopic (exact) mass is 198 g/mol. The average Bonchev–Trinajstić information content (AvgIpc) is 2.70. The molecule has 0 spiro atoms. The number of hydrogen-bond donors (Lipinski definition) is 1. The molecule has 1 unspecified atom stereocenters. The standard InChI is InChI=1S/C9H14N2OS/c10-3-1-9-11-8(5-12-9)7-2-4-13-6-7/h5,7H,1-4,6,10H2. The summed E-state index contributed by atoms with van der Waals surface area (Å²) in [5.74, 6) is 3.84. The van der Waals surface area contributed by atoms with Crippen LogP contribution in [0.25, 0.3) is 0 Å². The largest absolute Gasteiger partial charge is 0.449 e. The maximum Gasteiger partial charge on any atom is 0.195 e. The maximum absolute atomic E-state index is 5.42. The van der Waals surface area contributed by atoms with Crippen molar-refractivity contribution in [2.24, 2.45) is 5.73 Å². The second-order valence-electron chi connectivity index (χ2n) is 3.27. The van der Waals surface area contributed by atoms with Gasteiger partial charge in [0, 0.05) is 24.6 Å². The Labute approximate surface area is 82.1 Å². The Morgan fingerprint density at radius 3 is 3.31 bits per heavy atom. The van der Waals surface area contributed by atoms with Gasteiger partial charge >= 0.3 is 0 Å². The molecule has 13 heavy (non-hydrogen) atoms. The van der Waals surface area contributed by atoms with Gasteiger partial charge in [-0.3, -0.25) is 0 Å². The van der Waals surface area contributed by atoms with Crippen molar-refractivity contribution in [2.75, 3.05) is 18.1 Å². The molecule has 0 bridgehead atoms. The number of rotatable bonds is 3. The smallest absolute Gasteiger partial charge is 0.195 e. The summed E-state index contributed by atoms with van der Waals surface area (Å²) < 4.78 is 5.32. The van der Waals surface area contributed by atoms with Crippen LogP contribution in [0.15, 0.2) is 10.7 Å². The summed E-state index contributed by atoms with van der Waals surface area (Å²) in [5.41, 5.74) is 6.54. The molecule has 1 aromatic heterocycles. The molecule has 1 aliphatic heterocycles. The summed E-state index contributed by atoms with van der Waals surface area (Å²) in [5, 5.41) is 0. The topological polar surface area (TPSA) is 52.0 Å². The minimum Gasteiger partial charge on any atom is -0.449 e. The zero-order chi connectivity index (χ0) is 9.10. The molecule has 2 N–H and O–H groups in total. The molecule has 0 aliphatic carbocycles. The van der Waals surface area contributed by atoms with Crippen LogP contribution in [0.2, 0.25) is 0 Å². The SMILES string of the molecule is NCCc1nc(C2CCSC2)co1. The van der Waals surface area contributed by atoms with Gasteiger partial charge in [0.1, 0.15) is 6.26 Å². The second kappa shape index (κ2) is 4.15. The van der Waals surface area contributed by atoms with Crippen LogP contribution in [0.3, 0.4) is 0 Å². The molecule has 2 heterocycles. The lowest BCUT2D eigenvalue weighted by Crippen LogP contribution is -2.03. The molecule has 0 amide bonds. The van der Waals surface area contributed by atoms with E-state index in [0.717, 1.165) is 18.0 Å². The van der Waals surface area contributed by atoms with Crippen molar-refractivity contribution in [3.05, 3.63) is 17.8 Å². The van der Waals surface area contributed by atoms with Crippen molar-refractivity contribution in [1.29, 1.82) is 0 Å². The predicted octanol–water partition coefficient (Wildman–Crippen LogP) is 1.40. The predicted molar refractivity (Wildman–Crippen MR) is 53.9 cm³/mol. The van der Waals surface area contributed by atoms with Crippen molar-refractivity contribution < 1.29 is 4.42 Å². The summed E-state index contributed by atoms with van der Waals surface area (Å²) in [6, 6.07) is 0. The lowest BCUT2D eigenvalue weighted by Gasteiger charge is -2.00. The molecule has 1 aliphatic rings. The number of thioether (sulfide) groups is 1. The van der Waals surface area contributed by atoms with Crippen molar-refractivity contribution in [2.45, 2.75) is 18.8 Å². The zero-order valence-electron chi connectivity index (χ0n) is 7.53. The Bertz CT molecular complexity index is 268. The van der Waals surface area contributed by atoms with Crippen molar-refractivity contribution in [1.82, 2.24) is 4.98 Å². The lowest BCUT2D eigenvalue weighted by molar-refractivity contribution is 0.495. The van der Waals surface area contributed by atoms with Crippen LogP contribution in [0.4, 0.5) is 0 Å². The highest BCUT2D eigenvalue weighted by atomic mass is 32.2. The first-order valence-corrected chi connectivity index (χ1v) is 5.77. The third-order valence-electron chi connectivity index (χ3n) is 2.28. The van der Waals surface area contributed by atoms with E-state index in [1.807, 2.05) is 11.8 Å². The molecule has 1 aromatic rings. The number of nitrogens with zero attached hydrogens (tertiary/aromatic N) is 1. The minimum atomic E-state index is 0.610. The van der Waals surface area contributed by atoms with Gasteiger partial charge in [0.2, 0.25) is 0 Å². The summed E-state index contributed by atoms with van der Waals surface area (Å²) in [6.07, 6.45) is 3.78. The molecular formula is C9H14N2OS. The molecule has 1 fully saturated rings. The molecule has 0 saturated carbocycles. The van der Waals surface area contributed by atoms with Gasteiger partial charge in [-0.15, -0.1) is 0 Å². The number of aromatic nitrogens is 1. The van der Waals surface area contributed by atoms with Crippen LogP contribution in [0.5, 0.6) is 0 Å². The second-order valence-corrected chi connectivity index (χ2v) is 4.42. The van der Waals surface area contributed by atoms with Gasteiger partial charge in [-0.2, -0.15) is 11.8 Å². The zero-order valence-corrected chi connectivity index (χ0v) is 8.35. The molecule has 0 radical (unpaired) electrons. The molecule has 72 valence electrons. The van der Waals surface area contributed by atoms with Gasteiger partial charge in [0.15, 0.2) is 5.89 Å². The average molecular weight is 198 g/mol. The first-order chi connectivity index (χ1) is 6.40. The molecule has 0 aromatic carbocycles. The minimum absolute atomic E-state index is 0.610. The Hall–Kier alpha value is -0.480. The van der Waals surface area contributed by atoms with E-state index in [0.29, 0.717) is 12.5 Å². The Balaban J connectivity index is 2.03. The molecule has 1 atom stereocenters. The van der Waals surface area contributed by atoms with E-state index < -0.39 is 0 Å². The molecular weight excluding hydrogens is 184 g/mol. The van der Waals surface area contributed by atoms with E-state index in [2.05, 4.69) is 4.98 Å². The summed E-state index contributed by atoms with van der Waals surface area (Å²) in [4.78, 5) is 4.42. The fourth-order valence-corrected chi connectivity index (χ4v) is 2.76. The Kier molecular flexibility index (Phi) is 2.90. The molecule has 3 nitrogen and oxygen atoms in total. The highest BCUT2D eigenvalue weighted by molar-refractivity contribution is 7.99. The number of oxazole rings is 1. The van der Waals surface area contributed by atoms with E-state index in [9.17, 15) is 0 Å². The van der Waals surface area contributed by atoms with Crippen molar-refractivity contribution in [3.63, 3.8) is 0 Å². The third-order valence-corrected chi connectivity index (χ3v) is 3.44. The van der Waals surface area contributed by atoms with Gasteiger partial charge < -0.3 is 10.2 Å². The maximum atomic E-state index is 5.42. The highest BCUT2D eigenvalue weighted by Crippen LogP contribution is 2.31. The number of nitrogens with two attached hydrogens (primary N) is 1. The highest BCUT2D eigenvalue weighted by Gasteiger charge is 2.20. The van der Waals surface area contributed by atoms with E-state index in [-0.39, 0.29) is 0 Å². The fourth-order valence-electron chi connectivity index (χ4n) is 1.52. The van der Waals surface area contributed by atoms with Gasteiger partial charge in [-0.1, -0.05) is 0 Å². The quantitative estimate of drug-likeness (QED) is 0.797. The van der Waals surface area contributed by atoms with E-state index >= 15 is 0 Å². The Morgan fingerprint density at radius 1 is 1.69 bits per heavy atom. The van der Waals surface area contributed by atoms with Gasteiger partial charge in [-0.05, 0) is 12.2 Å². The van der Waals surface area contributed by atoms with E-state index in [1.54, 1.807) is 6.26 Å². The summed E-state index contributed by atoms with van der Waals surface area (Å²) in [7, 11) is 0. The normalized spacial score (nSPS) is 22.4. The van der Waals surface area contributed by atoms with E-state index in [1.165, 1.54) is 17.9 Å². The first-order valence-electron chi connectivity index (χ1n) is 4.62. The van der Waals surface area contributed by atoms with Crippen molar-refractivity contribution >= 4 is 11.8 Å². The summed E-state index contributed by atoms with van der Waals surface area (Å²) >= 11 is 1.99. The summed E-state index contributed by atoms with van der Waals surface area (Å²) in [6.45, 7) is 0.610. The third kappa shape index (κ3) is 2.06. The molecule has 1 saturated heterocycles. The van der Waals surface area contributed by atoms with Crippen LogP contribution in [-0.4, -0.2) is 23.0 Å². The molecule has 4 heteroatoms. The first kappa shape index (κ1) is 9.09. The van der Waals surface area contributed by atoms with E-state index in [4.69, 9.17) is 10.2 Å². The van der Waals surface area contributed by atoms with Gasteiger partial charge in [0.25, 0.3) is 0 Å². The van der Waals surface area contributed by atoms with Crippen LogP contribution in [-0.2, 0) is 6.42 Å².